The monoisotopic (exact) mass is 1370 g/mol. The minimum atomic E-state index is -2.11. The van der Waals surface area contributed by atoms with Gasteiger partial charge in [-0.2, -0.15) is 0 Å². The van der Waals surface area contributed by atoms with Crippen LogP contribution in [0.25, 0.3) is 0 Å². The van der Waals surface area contributed by atoms with Crippen LogP contribution in [0.5, 0.6) is 5.75 Å². The van der Waals surface area contributed by atoms with E-state index in [1.54, 1.807) is 91.6 Å². The third-order valence-electron chi connectivity index (χ3n) is 18.0. The fourth-order valence-corrected chi connectivity index (χ4v) is 12.2. The molecule has 3 aliphatic rings. The van der Waals surface area contributed by atoms with Crippen molar-refractivity contribution in [2.75, 3.05) is 46.7 Å². The second kappa shape index (κ2) is 35.9. The van der Waals surface area contributed by atoms with Gasteiger partial charge in [0.2, 0.25) is 47.6 Å². The number of carbonyl (C=O) groups excluding carboxylic acids is 10. The number of likely N-dealkylation sites (N-methyl/N-ethyl adjacent to an activating group) is 2. The summed E-state index contributed by atoms with van der Waals surface area (Å²) in [6.45, 7) is 17.8. The number of hydrogen-bond donors (Lipinski definition) is 10. The average molecular weight is 1370 g/mol. The second-order valence-corrected chi connectivity index (χ2v) is 26.1. The Labute approximate surface area is 565 Å². The van der Waals surface area contributed by atoms with E-state index in [1.807, 2.05) is 19.9 Å². The van der Waals surface area contributed by atoms with Gasteiger partial charge in [0.25, 0.3) is 11.8 Å². The van der Waals surface area contributed by atoms with Crippen LogP contribution in [0.4, 0.5) is 10.5 Å². The molecule has 0 aromatic heterocycles. The highest BCUT2D eigenvalue weighted by molar-refractivity contribution is 6.14. The fourth-order valence-electron chi connectivity index (χ4n) is 12.2. The molecular formula is C67H99N9O21. The number of nitrogens with one attached hydrogen (secondary N) is 5. The van der Waals surface area contributed by atoms with Gasteiger partial charge in [0.05, 0.1) is 54.5 Å². The predicted molar refractivity (Wildman–Crippen MR) is 349 cm³/mol. The summed E-state index contributed by atoms with van der Waals surface area (Å²) in [5.41, 5.74) is 0.578. The third kappa shape index (κ3) is 20.3. The molecule has 0 radical (unpaired) electrons. The first-order valence-electron chi connectivity index (χ1n) is 32.6. The van der Waals surface area contributed by atoms with Crippen molar-refractivity contribution >= 4 is 70.9 Å². The van der Waals surface area contributed by atoms with Crippen molar-refractivity contribution in [3.63, 3.8) is 0 Å². The van der Waals surface area contributed by atoms with Gasteiger partial charge in [-0.15, -0.1) is 0 Å². The molecule has 30 heteroatoms. The summed E-state index contributed by atoms with van der Waals surface area (Å²) in [5.74, 6) is -10.5. The zero-order valence-electron chi connectivity index (χ0n) is 57.8. The zero-order valence-corrected chi connectivity index (χ0v) is 57.8. The van der Waals surface area contributed by atoms with Crippen LogP contribution >= 0.6 is 0 Å². The van der Waals surface area contributed by atoms with E-state index in [1.165, 1.54) is 51.3 Å². The van der Waals surface area contributed by atoms with E-state index in [4.69, 9.17) is 23.7 Å². The van der Waals surface area contributed by atoms with Crippen molar-refractivity contribution in [3.8, 4) is 5.75 Å². The summed E-state index contributed by atoms with van der Waals surface area (Å²) in [4.78, 5) is 153. The van der Waals surface area contributed by atoms with E-state index in [2.05, 4.69) is 26.6 Å². The van der Waals surface area contributed by atoms with Crippen LogP contribution in [0.15, 0.2) is 60.7 Å². The number of aliphatic carboxylic acids is 1. The number of carbonyl (C=O) groups is 11. The first kappa shape index (κ1) is 79.6. The van der Waals surface area contributed by atoms with Crippen molar-refractivity contribution in [2.24, 2.45) is 29.6 Å². The number of aliphatic hydroxyl groups is 4. The molecule has 0 unspecified atom stereocenters. The van der Waals surface area contributed by atoms with Gasteiger partial charge in [0.15, 0.2) is 6.10 Å². The molecule has 0 spiro atoms. The number of carboxylic acids is 1. The number of methoxy groups -OCH3 is 2. The molecular weight excluding hydrogens is 1270 g/mol. The average Bonchev–Trinajstić information content (AvgIpc) is 1.51. The molecule has 0 aliphatic carbocycles. The van der Waals surface area contributed by atoms with Gasteiger partial charge in [-0.1, -0.05) is 105 Å². The van der Waals surface area contributed by atoms with Crippen LogP contribution in [0.2, 0.25) is 0 Å². The summed E-state index contributed by atoms with van der Waals surface area (Å²) in [5, 5.41) is 65.9. The number of carboxylic acid groups (broad SMARTS) is 1. The van der Waals surface area contributed by atoms with Crippen LogP contribution in [-0.2, 0) is 73.5 Å². The quantitative estimate of drug-likeness (QED) is 0.0451. The summed E-state index contributed by atoms with van der Waals surface area (Å²) in [7, 11) is 5.85. The lowest BCUT2D eigenvalue weighted by molar-refractivity contribution is -0.271. The maximum atomic E-state index is 14.9. The lowest BCUT2D eigenvalue weighted by Crippen LogP contribution is -2.61. The molecule has 2 aromatic carbocycles. The molecule has 97 heavy (non-hydrogen) atoms. The van der Waals surface area contributed by atoms with Crippen molar-refractivity contribution in [1.82, 2.24) is 40.9 Å². The Balaban J connectivity index is 1.29. The number of likely N-dealkylation sites (tertiary alicyclic amines) is 1. The van der Waals surface area contributed by atoms with E-state index >= 15 is 0 Å². The van der Waals surface area contributed by atoms with E-state index in [9.17, 15) is 78.3 Å². The molecule has 0 bridgehead atoms. The van der Waals surface area contributed by atoms with Crippen molar-refractivity contribution < 1.29 is 102 Å². The standard InChI is InChI=1S/C67H99N9O21/c1-16-36(8)53(45(93-14)30-49(80)75-28-20-23-43(75)58(94-15)37(9)60(85)68-38(10)54(81)41-21-18-17-19-22-41)73(12)64(89)51(34(4)5)72-63(88)52(35(6)7)74(13)67(92)95-32-40-24-25-42(44(29-40)96-66-57(84)55(82)56(83)59(97-66)65(90)91)70-61(86)39(11)69-62(87)50(33(2)3)71-46(77)31-76-47(78)26-27-48(76)79/h17-19,21-22,24-27,29,33-39,43,45,50-59,66,81-84H,16,20,23,28,30-32H2,1-15H3,(H,68,85)(H,69,87)(H,70,86)(H,71,77)(H,72,88)(H,90,91)/t36-,37+,38+,39-,43-,45+,50-,51-,52-,53-,54+,55-,56-,57+,58+,59-,66+/m0/s1. The largest absolute Gasteiger partial charge is 0.479 e. The highest BCUT2D eigenvalue weighted by Crippen LogP contribution is 2.34. The number of nitrogens with zero attached hydrogens (tertiary/aromatic N) is 4. The summed E-state index contributed by atoms with van der Waals surface area (Å²) >= 11 is 0. The minimum absolute atomic E-state index is 0.132. The molecule has 538 valence electrons. The highest BCUT2D eigenvalue weighted by Gasteiger charge is 2.49. The van der Waals surface area contributed by atoms with E-state index in [0.717, 1.165) is 17.1 Å². The number of hydrogen-bond acceptors (Lipinski definition) is 20. The first-order chi connectivity index (χ1) is 45.6. The Bertz CT molecular complexity index is 3120. The molecule has 0 saturated carbocycles. The van der Waals surface area contributed by atoms with Crippen LogP contribution in [-0.4, -0.2) is 237 Å². The van der Waals surface area contributed by atoms with E-state index < -0.39 is 182 Å². The lowest BCUT2D eigenvalue weighted by Gasteiger charge is -2.41. The topological polar surface area (TPSA) is 408 Å². The Kier molecular flexibility index (Phi) is 29.5. The van der Waals surface area contributed by atoms with Crippen molar-refractivity contribution in [1.29, 1.82) is 0 Å². The summed E-state index contributed by atoms with van der Waals surface area (Å²) in [6, 6.07) is 5.98. The molecule has 10 amide bonds. The van der Waals surface area contributed by atoms with Gasteiger partial charge >= 0.3 is 12.1 Å². The molecule has 30 nitrogen and oxygen atoms in total. The van der Waals surface area contributed by atoms with Gasteiger partial charge in [-0.3, -0.25) is 53.0 Å². The normalized spacial score (nSPS) is 22.0. The minimum Gasteiger partial charge on any atom is -0.479 e. The molecule has 2 saturated heterocycles. The molecule has 3 aliphatic heterocycles. The molecule has 2 aromatic rings. The van der Waals surface area contributed by atoms with E-state index in [0.29, 0.717) is 36.3 Å². The van der Waals surface area contributed by atoms with Crippen LogP contribution in [0.3, 0.4) is 0 Å². The number of aliphatic hydroxyl groups excluding tert-OH is 4. The zero-order chi connectivity index (χ0) is 72.6. The van der Waals surface area contributed by atoms with Gasteiger partial charge in [0.1, 0.15) is 61.4 Å². The van der Waals surface area contributed by atoms with Crippen molar-refractivity contribution in [2.45, 2.75) is 200 Å². The van der Waals surface area contributed by atoms with Crippen LogP contribution < -0.4 is 31.3 Å². The number of anilines is 1. The predicted octanol–water partition coefficient (Wildman–Crippen LogP) is 1.36. The fraction of sp³-hybridized carbons (Fsp3) is 0.627. The second-order valence-electron chi connectivity index (χ2n) is 26.1. The number of rotatable bonds is 33. The van der Waals surface area contributed by atoms with Gasteiger partial charge in [-0.05, 0) is 73.6 Å². The van der Waals surface area contributed by atoms with Gasteiger partial charge in [-0.25, -0.2) is 9.59 Å². The Hall–Kier alpha value is -8.13. The number of ether oxygens (including phenoxy) is 5. The van der Waals surface area contributed by atoms with Crippen LogP contribution in [0, 0.1) is 29.6 Å². The number of imide groups is 1. The SMILES string of the molecule is CC[C@H](C)[C@@H]([C@@H](CC(=O)N1CCC[C@H]1[C@H](OC)[C@@H](C)C(=O)N[C@H](C)[C@@H](O)c1ccccc1)OC)N(C)C(=O)[C@@H](NC(=O)[C@H](C(C)C)N(C)C(=O)OCc1ccc(NC(=O)[C@H](C)NC(=O)[C@@H](NC(=O)CN2C(=O)C=CC2=O)C(C)C)c(O[C@@H]2O[C@H](C(=O)O)[C@@H](O)[C@H](O)[C@H]2O)c1)C(C)C. The highest BCUT2D eigenvalue weighted by atomic mass is 16.7. The Morgan fingerprint density at radius 2 is 1.35 bits per heavy atom. The lowest BCUT2D eigenvalue weighted by atomic mass is 9.89. The van der Waals surface area contributed by atoms with Gasteiger partial charge in [0, 0.05) is 47.0 Å². The number of benzene rings is 2. The number of amides is 10. The maximum absolute atomic E-state index is 14.9. The molecule has 3 heterocycles. The smallest absolute Gasteiger partial charge is 0.410 e. The third-order valence-corrected chi connectivity index (χ3v) is 18.0. The molecule has 5 rings (SSSR count). The summed E-state index contributed by atoms with van der Waals surface area (Å²) in [6.07, 6.45) is -10.3. The van der Waals surface area contributed by atoms with Gasteiger partial charge < -0.3 is 85.6 Å². The summed E-state index contributed by atoms with van der Waals surface area (Å²) < 4.78 is 29.0. The maximum Gasteiger partial charge on any atom is 0.410 e. The van der Waals surface area contributed by atoms with Crippen molar-refractivity contribution in [3.05, 3.63) is 71.8 Å². The molecule has 10 N–H and O–H groups in total. The first-order valence-corrected chi connectivity index (χ1v) is 32.6. The van der Waals surface area contributed by atoms with Crippen LogP contribution in [0.1, 0.15) is 119 Å². The Morgan fingerprint density at radius 3 is 1.92 bits per heavy atom. The Morgan fingerprint density at radius 1 is 0.722 bits per heavy atom. The molecule has 17 atom stereocenters. The van der Waals surface area contributed by atoms with E-state index in [-0.39, 0.29) is 41.2 Å². The molecule has 2 fully saturated rings.